The molecule has 2 heterocycles. The van der Waals surface area contributed by atoms with Gasteiger partial charge < -0.3 is 4.90 Å². The Bertz CT molecular complexity index is 2290. The maximum absolute atomic E-state index is 4.23. The first kappa shape index (κ1) is 29.0. The summed E-state index contributed by atoms with van der Waals surface area (Å²) in [6.45, 7) is 4.47. The zero-order valence-electron chi connectivity index (χ0n) is 27.2. The summed E-state index contributed by atoms with van der Waals surface area (Å²) in [7, 11) is 2.19. The minimum atomic E-state index is 0.158. The lowest BCUT2D eigenvalue weighted by Gasteiger charge is -2.33. The number of fused-ring (bicyclic) bond motifs is 3. The van der Waals surface area contributed by atoms with Crippen molar-refractivity contribution >= 4 is 38.0 Å². The van der Waals surface area contributed by atoms with Gasteiger partial charge in [-0.3, -0.25) is 4.98 Å². The largest absolute Gasteiger partial charge is 0.364 e. The Labute approximate surface area is 277 Å². The molecule has 0 N–H and O–H groups in total. The monoisotopic (exact) mass is 606 g/mol. The predicted octanol–water partition coefficient (Wildman–Crippen LogP) is 11.7. The van der Waals surface area contributed by atoms with Crippen molar-refractivity contribution in [3.8, 4) is 22.3 Å². The van der Waals surface area contributed by atoms with Crippen LogP contribution in [0.2, 0.25) is 0 Å². The molecule has 0 radical (unpaired) electrons. The Morgan fingerprint density at radius 2 is 1.30 bits per heavy atom. The Morgan fingerprint density at radius 1 is 0.638 bits per heavy atom. The first-order valence-corrected chi connectivity index (χ1v) is 16.7. The fourth-order valence-corrected chi connectivity index (χ4v) is 7.62. The maximum Gasteiger partial charge on any atom is 0.0727 e. The van der Waals surface area contributed by atoms with Crippen LogP contribution in [0.1, 0.15) is 41.6 Å². The fraction of sp³-hybridized carbons (Fsp3) is 0.133. The van der Waals surface area contributed by atoms with Crippen LogP contribution >= 0.6 is 0 Å². The molecule has 7 aromatic rings. The summed E-state index contributed by atoms with van der Waals surface area (Å²) in [5, 5.41) is 7.82. The lowest BCUT2D eigenvalue weighted by Crippen LogP contribution is -2.23. The molecule has 0 spiro atoms. The van der Waals surface area contributed by atoms with E-state index in [1.807, 2.05) is 12.4 Å². The molecule has 0 saturated carbocycles. The highest BCUT2D eigenvalue weighted by atomic mass is 15.1. The average molecular weight is 607 g/mol. The van der Waals surface area contributed by atoms with Crippen molar-refractivity contribution in [2.75, 3.05) is 7.05 Å². The molecule has 1 aliphatic heterocycles. The molecule has 1 aromatic heterocycles. The van der Waals surface area contributed by atoms with Crippen LogP contribution in [-0.4, -0.2) is 16.9 Å². The van der Waals surface area contributed by atoms with Gasteiger partial charge in [0.15, 0.2) is 0 Å². The molecule has 0 aliphatic carbocycles. The second-order valence-corrected chi connectivity index (χ2v) is 12.8. The Kier molecular flexibility index (Phi) is 7.42. The maximum atomic E-state index is 4.23. The second kappa shape index (κ2) is 12.0. The van der Waals surface area contributed by atoms with Crippen molar-refractivity contribution in [1.82, 2.24) is 9.88 Å². The van der Waals surface area contributed by atoms with Crippen LogP contribution in [0.4, 0.5) is 0 Å². The van der Waals surface area contributed by atoms with Gasteiger partial charge in [0.25, 0.3) is 0 Å². The number of nitrogens with zero attached hydrogens (tertiary/aromatic N) is 2. The Balaban J connectivity index is 1.33. The number of likely N-dealkylation sites (N-methyl/N-ethyl adjacent to an activating group) is 1. The molecule has 0 amide bonds. The number of hydrogen-bond donors (Lipinski definition) is 0. The third-order valence-electron chi connectivity index (χ3n) is 9.77. The molecule has 2 heteroatoms. The zero-order chi connectivity index (χ0) is 31.9. The number of pyridine rings is 1. The van der Waals surface area contributed by atoms with E-state index in [0.717, 1.165) is 12.8 Å². The topological polar surface area (TPSA) is 16.1 Å². The quantitative estimate of drug-likeness (QED) is 0.175. The van der Waals surface area contributed by atoms with Crippen molar-refractivity contribution in [3.63, 3.8) is 0 Å². The van der Waals surface area contributed by atoms with Gasteiger partial charge in [-0.2, -0.15) is 0 Å². The number of aryl methyl sites for hydroxylation is 2. The van der Waals surface area contributed by atoms with E-state index in [-0.39, 0.29) is 6.04 Å². The van der Waals surface area contributed by atoms with Gasteiger partial charge in [-0.05, 0) is 115 Å². The van der Waals surface area contributed by atoms with Crippen LogP contribution in [0.3, 0.4) is 0 Å². The average Bonchev–Trinajstić information content (AvgIpc) is 3.11. The Hall–Kier alpha value is -5.47. The molecule has 2 nitrogen and oxygen atoms in total. The van der Waals surface area contributed by atoms with Crippen LogP contribution in [0.5, 0.6) is 0 Å². The van der Waals surface area contributed by atoms with Gasteiger partial charge >= 0.3 is 0 Å². The number of rotatable bonds is 6. The van der Waals surface area contributed by atoms with Crippen LogP contribution < -0.4 is 0 Å². The minimum absolute atomic E-state index is 0.158. The van der Waals surface area contributed by atoms with Crippen LogP contribution in [0.15, 0.2) is 146 Å². The molecule has 8 rings (SSSR count). The molecule has 1 atom stereocenters. The third-order valence-corrected chi connectivity index (χ3v) is 9.77. The molecule has 228 valence electrons. The molecule has 0 saturated heterocycles. The molecular formula is C45H38N2. The van der Waals surface area contributed by atoms with E-state index in [4.69, 9.17) is 0 Å². The highest BCUT2D eigenvalue weighted by Crippen LogP contribution is 2.45. The van der Waals surface area contributed by atoms with E-state index in [0.29, 0.717) is 0 Å². The van der Waals surface area contributed by atoms with Crippen molar-refractivity contribution in [2.45, 2.75) is 32.7 Å². The van der Waals surface area contributed by atoms with Crippen LogP contribution in [-0.2, 0) is 6.42 Å². The summed E-state index contributed by atoms with van der Waals surface area (Å²) >= 11 is 0. The molecule has 1 aliphatic rings. The van der Waals surface area contributed by atoms with E-state index in [1.165, 1.54) is 82.5 Å². The normalized spacial score (nSPS) is 14.7. The molecular weight excluding hydrogens is 569 g/mol. The van der Waals surface area contributed by atoms with Gasteiger partial charge in [0.05, 0.1) is 6.04 Å². The summed E-state index contributed by atoms with van der Waals surface area (Å²) < 4.78 is 0. The number of benzene rings is 6. The number of hydrogen-bond acceptors (Lipinski definition) is 2. The van der Waals surface area contributed by atoms with E-state index in [2.05, 4.69) is 164 Å². The van der Waals surface area contributed by atoms with Crippen molar-refractivity contribution < 1.29 is 0 Å². The van der Waals surface area contributed by atoms with Gasteiger partial charge in [0.1, 0.15) is 0 Å². The van der Waals surface area contributed by atoms with Crippen molar-refractivity contribution in [1.29, 1.82) is 0 Å². The minimum Gasteiger partial charge on any atom is -0.364 e. The molecule has 0 fully saturated rings. The van der Waals surface area contributed by atoms with Gasteiger partial charge in [0.2, 0.25) is 0 Å². The summed E-state index contributed by atoms with van der Waals surface area (Å²) in [5.74, 6) is 0. The standard InChI is InChI=1S/C45H38N2/c1-4-11-32-27-36(29-35-26-30(2)20-21-37(32)35)45-40-16-7-5-14-38(40)44(39-15-6-8-17-41(39)45)34-13-9-12-33(28-34)43-19-10-18-42(47(43)3)31-22-24-46-25-23-31/h5-10,12-29,42H,4,11H2,1-3H3. The molecule has 6 aromatic carbocycles. The van der Waals surface area contributed by atoms with Crippen LogP contribution in [0, 0.1) is 6.92 Å². The summed E-state index contributed by atoms with van der Waals surface area (Å²) in [6.07, 6.45) is 12.6. The number of aromatic nitrogens is 1. The zero-order valence-corrected chi connectivity index (χ0v) is 27.2. The summed E-state index contributed by atoms with van der Waals surface area (Å²) in [5.41, 5.74) is 11.5. The lowest BCUT2D eigenvalue weighted by molar-refractivity contribution is 0.412. The van der Waals surface area contributed by atoms with E-state index < -0.39 is 0 Å². The van der Waals surface area contributed by atoms with Gasteiger partial charge in [-0.1, -0.05) is 122 Å². The van der Waals surface area contributed by atoms with Crippen molar-refractivity contribution in [2.24, 2.45) is 0 Å². The second-order valence-electron chi connectivity index (χ2n) is 12.8. The Morgan fingerprint density at radius 3 is 1.98 bits per heavy atom. The highest BCUT2D eigenvalue weighted by molar-refractivity contribution is 6.21. The molecule has 1 unspecified atom stereocenters. The summed E-state index contributed by atoms with van der Waals surface area (Å²) in [4.78, 5) is 6.60. The van der Waals surface area contributed by atoms with Gasteiger partial charge in [-0.15, -0.1) is 0 Å². The summed E-state index contributed by atoms with van der Waals surface area (Å²) in [6, 6.07) is 43.2. The highest BCUT2D eigenvalue weighted by Gasteiger charge is 2.22. The first-order chi connectivity index (χ1) is 23.1. The fourth-order valence-electron chi connectivity index (χ4n) is 7.62. The third kappa shape index (κ3) is 5.11. The van der Waals surface area contributed by atoms with E-state index >= 15 is 0 Å². The van der Waals surface area contributed by atoms with Gasteiger partial charge in [-0.25, -0.2) is 0 Å². The molecule has 0 bridgehead atoms. The van der Waals surface area contributed by atoms with Crippen molar-refractivity contribution in [3.05, 3.63) is 168 Å². The van der Waals surface area contributed by atoms with E-state index in [9.17, 15) is 0 Å². The number of allylic oxidation sites excluding steroid dienone is 2. The van der Waals surface area contributed by atoms with Crippen LogP contribution in [0.25, 0.3) is 60.3 Å². The van der Waals surface area contributed by atoms with E-state index in [1.54, 1.807) is 0 Å². The van der Waals surface area contributed by atoms with Gasteiger partial charge in [0, 0.05) is 25.1 Å². The lowest BCUT2D eigenvalue weighted by atomic mass is 9.84. The first-order valence-electron chi connectivity index (χ1n) is 16.7. The smallest absolute Gasteiger partial charge is 0.0727 e. The molecule has 47 heavy (non-hydrogen) atoms. The SMILES string of the molecule is CCCc1cc(-c2c3ccccc3c(-c3cccc(C4=CC=CC(c5ccncc5)N4C)c3)c3ccccc23)cc2cc(C)ccc12. The predicted molar refractivity (Wildman–Crippen MR) is 200 cm³/mol.